The summed E-state index contributed by atoms with van der Waals surface area (Å²) >= 11 is 0. The lowest BCUT2D eigenvalue weighted by Crippen LogP contribution is -2.56. The molecule has 3 aromatic carbocycles. The van der Waals surface area contributed by atoms with E-state index in [9.17, 15) is 32.4 Å². The number of hydrogen-bond acceptors (Lipinski definition) is 12. The van der Waals surface area contributed by atoms with E-state index in [1.54, 1.807) is 52.1 Å². The summed E-state index contributed by atoms with van der Waals surface area (Å²) in [5, 5.41) is 6.10. The molecule has 4 amide bonds. The van der Waals surface area contributed by atoms with Gasteiger partial charge in [0.2, 0.25) is 11.8 Å². The number of aromatic nitrogens is 1. The number of hydrogen-bond donors (Lipinski definition) is 3. The van der Waals surface area contributed by atoms with Crippen LogP contribution in [0.4, 0.5) is 10.5 Å². The van der Waals surface area contributed by atoms with Crippen molar-refractivity contribution in [1.82, 2.24) is 19.9 Å². The SMILES string of the molecule is C=CC1CC1(NC(=O)[C@@H]1C[C@@H](Oc2cc(-c3ccccc3)nc3cc(OC)ccc23)CN1C(=O)OC(C)(C)C)C(=O)NS(=O)(=O)c1ccccc1NC(=O)CCCCCCCC(=O)OC. The Hall–Kier alpha value is -6.49. The third kappa shape index (κ3) is 12.0. The number of pyridine rings is 1. The standard InChI is InChI=1S/C48H57N5O11S/c1-7-32-29-48(32,45(57)52-65(59,60)41-21-17-16-20-36(41)50-42(54)22-14-9-8-10-15-23-43(55)62-6)51-44(56)39-27-34(30-53(39)46(58)64-47(2,3)4)63-40-28-37(31-18-12-11-13-19-31)49-38-26-33(61-5)24-25-35(38)40/h7,11-13,16-21,24-26,28,32,34,39H,1,8-10,14-15,22-23,27,29-30H2,2-6H3,(H,50,54)(H,51,56)(H,52,57)/t32?,34-,39+,48?/m1/s1. The molecule has 346 valence electrons. The largest absolute Gasteiger partial charge is 0.497 e. The second-order valence-corrected chi connectivity index (χ2v) is 18.9. The third-order valence-electron chi connectivity index (χ3n) is 11.3. The number of amides is 4. The molecule has 0 spiro atoms. The van der Waals surface area contributed by atoms with E-state index in [1.807, 2.05) is 36.4 Å². The topological polar surface area (TPSA) is 209 Å². The zero-order valence-electron chi connectivity index (χ0n) is 37.4. The maximum atomic E-state index is 14.4. The van der Waals surface area contributed by atoms with Gasteiger partial charge < -0.3 is 29.6 Å². The van der Waals surface area contributed by atoms with Crippen molar-refractivity contribution >= 4 is 56.4 Å². The molecule has 17 heteroatoms. The number of nitrogens with one attached hydrogen (secondary N) is 3. The molecule has 1 saturated heterocycles. The van der Waals surface area contributed by atoms with Crippen LogP contribution >= 0.6 is 0 Å². The van der Waals surface area contributed by atoms with Gasteiger partial charge >= 0.3 is 12.1 Å². The Labute approximate surface area is 379 Å². The van der Waals surface area contributed by atoms with Crippen LogP contribution in [-0.2, 0) is 38.7 Å². The Morgan fingerprint density at radius 3 is 2.28 bits per heavy atom. The summed E-state index contributed by atoms with van der Waals surface area (Å²) in [4.78, 5) is 72.2. The molecule has 3 N–H and O–H groups in total. The van der Waals surface area contributed by atoms with Crippen molar-refractivity contribution in [3.63, 3.8) is 0 Å². The Bertz CT molecular complexity index is 2530. The molecule has 1 aliphatic heterocycles. The molecule has 6 rings (SSSR count). The average Bonchev–Trinajstić information content (AvgIpc) is 3.83. The maximum Gasteiger partial charge on any atom is 0.411 e. The molecule has 1 aromatic heterocycles. The highest BCUT2D eigenvalue weighted by molar-refractivity contribution is 7.90. The minimum absolute atomic E-state index is 0.00292. The first-order valence-electron chi connectivity index (χ1n) is 21.6. The summed E-state index contributed by atoms with van der Waals surface area (Å²) in [7, 11) is -1.69. The predicted molar refractivity (Wildman–Crippen MR) is 243 cm³/mol. The lowest BCUT2D eigenvalue weighted by molar-refractivity contribution is -0.140. The zero-order valence-corrected chi connectivity index (χ0v) is 38.2. The molecule has 2 aliphatic rings. The van der Waals surface area contributed by atoms with Gasteiger partial charge in [0.05, 0.1) is 37.7 Å². The molecule has 1 aliphatic carbocycles. The van der Waals surface area contributed by atoms with E-state index in [-0.39, 0.29) is 42.4 Å². The lowest BCUT2D eigenvalue weighted by Gasteiger charge is -2.29. The monoisotopic (exact) mass is 911 g/mol. The molecular weight excluding hydrogens is 855 g/mol. The summed E-state index contributed by atoms with van der Waals surface area (Å²) in [6, 6.07) is 21.3. The van der Waals surface area contributed by atoms with Crippen LogP contribution in [-0.4, -0.2) is 92.1 Å². The zero-order chi connectivity index (χ0) is 46.9. The van der Waals surface area contributed by atoms with Crippen LogP contribution in [0.15, 0.2) is 96.4 Å². The van der Waals surface area contributed by atoms with Crippen LogP contribution in [0.2, 0.25) is 0 Å². The number of sulfonamides is 1. The summed E-state index contributed by atoms with van der Waals surface area (Å²) in [6.45, 7) is 8.86. The van der Waals surface area contributed by atoms with Crippen molar-refractivity contribution < 1.29 is 51.3 Å². The molecule has 0 radical (unpaired) electrons. The second kappa shape index (κ2) is 20.6. The lowest BCUT2D eigenvalue weighted by atomic mass is 10.1. The first kappa shape index (κ1) is 48.0. The van der Waals surface area contributed by atoms with Crippen LogP contribution in [0.1, 0.15) is 78.6 Å². The molecule has 0 bridgehead atoms. The highest BCUT2D eigenvalue weighted by Crippen LogP contribution is 2.45. The Kier molecular flexibility index (Phi) is 15.2. The highest BCUT2D eigenvalue weighted by atomic mass is 32.2. The van der Waals surface area contributed by atoms with E-state index < -0.39 is 63.0 Å². The highest BCUT2D eigenvalue weighted by Gasteiger charge is 2.61. The molecule has 4 aromatic rings. The number of esters is 1. The van der Waals surface area contributed by atoms with Crippen molar-refractivity contribution in [3.8, 4) is 22.8 Å². The summed E-state index contributed by atoms with van der Waals surface area (Å²) in [5.74, 6) is -1.99. The van der Waals surface area contributed by atoms with Crippen molar-refractivity contribution in [2.75, 3.05) is 26.1 Å². The second-order valence-electron chi connectivity index (χ2n) is 17.2. The molecule has 1 saturated carbocycles. The average molecular weight is 912 g/mol. The van der Waals surface area contributed by atoms with Gasteiger partial charge in [-0.15, -0.1) is 6.58 Å². The molecule has 4 atom stereocenters. The molecule has 2 unspecified atom stereocenters. The predicted octanol–water partition coefficient (Wildman–Crippen LogP) is 7.08. The smallest absolute Gasteiger partial charge is 0.411 e. The fraction of sp³-hybridized carbons (Fsp3) is 0.417. The van der Waals surface area contributed by atoms with Gasteiger partial charge in [0, 0.05) is 48.3 Å². The van der Waals surface area contributed by atoms with Gasteiger partial charge in [-0.2, -0.15) is 0 Å². The van der Waals surface area contributed by atoms with Gasteiger partial charge in [-0.1, -0.05) is 67.8 Å². The van der Waals surface area contributed by atoms with Gasteiger partial charge in [0.1, 0.15) is 39.7 Å². The fourth-order valence-electron chi connectivity index (χ4n) is 7.80. The van der Waals surface area contributed by atoms with Gasteiger partial charge in [-0.05, 0) is 64.3 Å². The van der Waals surface area contributed by atoms with E-state index in [0.29, 0.717) is 47.4 Å². The van der Waals surface area contributed by atoms with Crippen LogP contribution < -0.4 is 24.8 Å². The number of ether oxygens (including phenoxy) is 4. The van der Waals surface area contributed by atoms with E-state index in [2.05, 4.69) is 26.7 Å². The fourth-order valence-corrected chi connectivity index (χ4v) is 9.00. The number of nitrogens with zero attached hydrogens (tertiary/aromatic N) is 2. The van der Waals surface area contributed by atoms with Gasteiger partial charge in [-0.3, -0.25) is 24.1 Å². The molecule has 2 fully saturated rings. The van der Waals surface area contributed by atoms with Crippen molar-refractivity contribution in [2.24, 2.45) is 5.92 Å². The number of carbonyl (C=O) groups excluding carboxylic acids is 5. The molecular formula is C48H57N5O11S. The van der Waals surface area contributed by atoms with E-state index in [1.165, 1.54) is 36.3 Å². The molecule has 16 nitrogen and oxygen atoms in total. The minimum atomic E-state index is -4.60. The molecule has 2 heterocycles. The van der Waals surface area contributed by atoms with Crippen LogP contribution in [0.5, 0.6) is 11.5 Å². The van der Waals surface area contributed by atoms with Crippen molar-refractivity contribution in [3.05, 3.63) is 91.5 Å². The summed E-state index contributed by atoms with van der Waals surface area (Å²) < 4.78 is 52.3. The van der Waals surface area contributed by atoms with Crippen molar-refractivity contribution in [2.45, 2.75) is 107 Å². The first-order chi connectivity index (χ1) is 31.0. The summed E-state index contributed by atoms with van der Waals surface area (Å²) in [6.07, 6.45) is 4.06. The van der Waals surface area contributed by atoms with E-state index in [4.69, 9.17) is 19.2 Å². The summed E-state index contributed by atoms with van der Waals surface area (Å²) in [5.41, 5.74) is -0.575. The van der Waals surface area contributed by atoms with Crippen LogP contribution in [0, 0.1) is 5.92 Å². The number of methoxy groups -OCH3 is 2. The van der Waals surface area contributed by atoms with E-state index in [0.717, 1.165) is 24.8 Å². The molecule has 65 heavy (non-hydrogen) atoms. The van der Waals surface area contributed by atoms with Crippen LogP contribution in [0.3, 0.4) is 0 Å². The number of fused-ring (bicyclic) bond motifs is 1. The number of benzene rings is 3. The van der Waals surface area contributed by atoms with E-state index >= 15 is 0 Å². The normalized spacial score (nSPS) is 19.2. The quantitative estimate of drug-likeness (QED) is 0.0490. The number of para-hydroxylation sites is 1. The van der Waals surface area contributed by atoms with Crippen LogP contribution in [0.25, 0.3) is 22.2 Å². The van der Waals surface area contributed by atoms with Crippen molar-refractivity contribution in [1.29, 1.82) is 0 Å². The number of likely N-dealkylation sites (tertiary alicyclic amines) is 1. The maximum absolute atomic E-state index is 14.4. The number of anilines is 1. The number of rotatable bonds is 19. The minimum Gasteiger partial charge on any atom is -0.497 e. The Balaban J connectivity index is 1.17. The Morgan fingerprint density at radius 2 is 1.60 bits per heavy atom. The van der Waals surface area contributed by atoms with Gasteiger partial charge in [-0.25, -0.2) is 22.9 Å². The third-order valence-corrected chi connectivity index (χ3v) is 12.7. The van der Waals surface area contributed by atoms with Gasteiger partial charge in [0.25, 0.3) is 15.9 Å². The van der Waals surface area contributed by atoms with Gasteiger partial charge in [0.15, 0.2) is 0 Å². The number of carbonyl (C=O) groups is 5. The number of unbranched alkanes of at least 4 members (excludes halogenated alkanes) is 4. The Morgan fingerprint density at radius 1 is 0.908 bits per heavy atom. The first-order valence-corrected chi connectivity index (χ1v) is 23.1.